The number of aryl methyl sites for hydroxylation is 1. The van der Waals surface area contributed by atoms with Crippen molar-refractivity contribution in [2.75, 3.05) is 0 Å². The van der Waals surface area contributed by atoms with Gasteiger partial charge in [-0.05, 0) is 97.3 Å². The maximum Gasteiger partial charge on any atom is 0.169 e. The third-order valence-electron chi connectivity index (χ3n) is 11.7. The van der Waals surface area contributed by atoms with E-state index in [9.17, 15) is 0 Å². The molecule has 3 saturated carbocycles. The van der Waals surface area contributed by atoms with Crippen molar-refractivity contribution in [3.05, 3.63) is 41.7 Å². The minimum atomic E-state index is 0.465. The van der Waals surface area contributed by atoms with Gasteiger partial charge in [-0.15, -0.1) is 0 Å². The van der Waals surface area contributed by atoms with E-state index >= 15 is 0 Å². The minimum absolute atomic E-state index is 0.465. The van der Waals surface area contributed by atoms with Crippen LogP contribution in [-0.4, -0.2) is 0 Å². The summed E-state index contributed by atoms with van der Waals surface area (Å²) in [6, 6.07) is 5.22. The molecule has 4 aliphatic carbocycles. The van der Waals surface area contributed by atoms with Crippen LogP contribution in [0.2, 0.25) is 0 Å². The van der Waals surface area contributed by atoms with Gasteiger partial charge in [-0.2, -0.15) is 0 Å². The predicted molar refractivity (Wildman–Crippen MR) is 143 cm³/mol. The third kappa shape index (κ3) is 4.22. The van der Waals surface area contributed by atoms with Crippen molar-refractivity contribution in [2.24, 2.45) is 46.3 Å². The largest absolute Gasteiger partial charge is 0.202 e. The number of nitrogens with zero attached hydrogens (tertiary/aromatic N) is 1. The number of fused-ring (bicyclic) bond motifs is 5. The summed E-state index contributed by atoms with van der Waals surface area (Å²) in [5.41, 5.74) is 4.26. The Balaban J connectivity index is 1.30. The average molecular weight is 463 g/mol. The molecule has 0 bridgehead atoms. The van der Waals surface area contributed by atoms with E-state index in [1.165, 1.54) is 76.2 Å². The van der Waals surface area contributed by atoms with Gasteiger partial charge in [0.25, 0.3) is 0 Å². The van der Waals surface area contributed by atoms with E-state index < -0.39 is 0 Å². The molecule has 0 aromatic carbocycles. The van der Waals surface area contributed by atoms with Crippen molar-refractivity contribution < 1.29 is 4.57 Å². The third-order valence-corrected chi connectivity index (χ3v) is 11.7. The lowest BCUT2D eigenvalue weighted by atomic mass is 9.47. The van der Waals surface area contributed by atoms with Gasteiger partial charge in [0.05, 0.1) is 0 Å². The van der Waals surface area contributed by atoms with Crippen molar-refractivity contribution in [3.8, 4) is 0 Å². The minimum Gasteiger partial charge on any atom is -0.202 e. The van der Waals surface area contributed by atoms with Crippen LogP contribution in [-0.2, 0) is 0 Å². The van der Waals surface area contributed by atoms with Crippen LogP contribution in [0.4, 0.5) is 0 Å². The first-order valence-electron chi connectivity index (χ1n) is 14.9. The van der Waals surface area contributed by atoms with Gasteiger partial charge in [0, 0.05) is 25.0 Å². The molecule has 4 aliphatic rings. The molecule has 1 aromatic heterocycles. The van der Waals surface area contributed by atoms with Gasteiger partial charge in [-0.25, -0.2) is 4.57 Å². The van der Waals surface area contributed by atoms with E-state index in [0.717, 1.165) is 35.5 Å². The van der Waals surface area contributed by atoms with Crippen LogP contribution >= 0.6 is 0 Å². The van der Waals surface area contributed by atoms with Crippen LogP contribution in [0.25, 0.3) is 0 Å². The maximum atomic E-state index is 2.76. The molecule has 0 spiro atoms. The highest BCUT2D eigenvalue weighted by molar-refractivity contribution is 5.25. The Morgan fingerprint density at radius 2 is 1.71 bits per heavy atom. The lowest BCUT2D eigenvalue weighted by molar-refractivity contribution is -0.725. The van der Waals surface area contributed by atoms with Crippen LogP contribution in [0.3, 0.4) is 0 Å². The Hall–Kier alpha value is -1.11. The number of rotatable bonds is 6. The van der Waals surface area contributed by atoms with Crippen LogP contribution < -0.4 is 4.57 Å². The van der Waals surface area contributed by atoms with E-state index in [-0.39, 0.29) is 0 Å². The fourth-order valence-electron chi connectivity index (χ4n) is 9.68. The van der Waals surface area contributed by atoms with Crippen LogP contribution in [0.15, 0.2) is 36.2 Å². The number of allylic oxidation sites excluding steroid dienone is 2. The van der Waals surface area contributed by atoms with E-state index in [1.54, 1.807) is 0 Å². The molecular formula is C33H52N+. The molecule has 1 heteroatoms. The summed E-state index contributed by atoms with van der Waals surface area (Å²) in [7, 11) is 0. The smallest absolute Gasteiger partial charge is 0.169 e. The van der Waals surface area contributed by atoms with Gasteiger partial charge >= 0.3 is 0 Å². The second kappa shape index (κ2) is 9.40. The van der Waals surface area contributed by atoms with Crippen LogP contribution in [0.5, 0.6) is 0 Å². The number of hydrogen-bond donors (Lipinski definition) is 0. The van der Waals surface area contributed by atoms with Gasteiger partial charge in [0.2, 0.25) is 0 Å². The second-order valence-corrected chi connectivity index (χ2v) is 14.0. The highest BCUT2D eigenvalue weighted by Crippen LogP contribution is 2.67. The summed E-state index contributed by atoms with van der Waals surface area (Å²) in [5, 5.41) is 0. The van der Waals surface area contributed by atoms with Gasteiger partial charge in [0.15, 0.2) is 18.4 Å². The highest BCUT2D eigenvalue weighted by atomic mass is 15.0. The summed E-state index contributed by atoms with van der Waals surface area (Å²) in [6.45, 7) is 15.0. The van der Waals surface area contributed by atoms with Gasteiger partial charge < -0.3 is 0 Å². The monoisotopic (exact) mass is 462 g/mol. The number of pyridine rings is 1. The van der Waals surface area contributed by atoms with Gasteiger partial charge in [-0.1, -0.05) is 65.5 Å². The fraction of sp³-hybridized carbons (Fsp3) is 0.788. The summed E-state index contributed by atoms with van der Waals surface area (Å²) in [6.07, 6.45) is 23.1. The molecule has 1 heterocycles. The Kier molecular flexibility index (Phi) is 6.80. The van der Waals surface area contributed by atoms with Crippen molar-refractivity contribution in [1.82, 2.24) is 0 Å². The Labute approximate surface area is 210 Å². The molecule has 0 amide bonds. The Bertz CT molecular complexity index is 880. The SMILES string of the molecule is Cc1cc[n+]([C@H]2CC[C@@]3(C)C(=CC[C@H]4[C@@H]5CC[C@H]([C@H](C)CCCC(C)C)[C@@]5(C)CC[C@@H]43)C2)cc1. The molecule has 8 atom stereocenters. The molecule has 1 nitrogen and oxygen atoms in total. The van der Waals surface area contributed by atoms with Crippen molar-refractivity contribution in [3.63, 3.8) is 0 Å². The topological polar surface area (TPSA) is 3.88 Å². The molecule has 5 rings (SSSR count). The zero-order valence-corrected chi connectivity index (χ0v) is 23.2. The lowest BCUT2D eigenvalue weighted by Crippen LogP contribution is -2.52. The molecule has 0 N–H and O–H groups in total. The van der Waals surface area contributed by atoms with E-state index in [0.29, 0.717) is 16.9 Å². The zero-order chi connectivity index (χ0) is 24.1. The summed E-state index contributed by atoms with van der Waals surface area (Å²) in [4.78, 5) is 0. The molecule has 188 valence electrons. The summed E-state index contributed by atoms with van der Waals surface area (Å²) >= 11 is 0. The molecule has 34 heavy (non-hydrogen) atoms. The van der Waals surface area contributed by atoms with E-state index in [1.807, 2.05) is 5.57 Å². The second-order valence-electron chi connectivity index (χ2n) is 14.0. The Morgan fingerprint density at radius 3 is 2.44 bits per heavy atom. The summed E-state index contributed by atoms with van der Waals surface area (Å²) < 4.78 is 2.50. The van der Waals surface area contributed by atoms with Crippen molar-refractivity contribution >= 4 is 0 Å². The first-order valence-corrected chi connectivity index (χ1v) is 14.9. The van der Waals surface area contributed by atoms with Crippen molar-refractivity contribution in [2.45, 2.75) is 118 Å². The summed E-state index contributed by atoms with van der Waals surface area (Å²) in [5.74, 6) is 5.60. The molecule has 3 fully saturated rings. The van der Waals surface area contributed by atoms with Gasteiger partial charge in [0.1, 0.15) is 0 Å². The maximum absolute atomic E-state index is 2.76. The lowest BCUT2D eigenvalue weighted by Gasteiger charge is -2.58. The molecule has 0 saturated heterocycles. The average Bonchev–Trinajstić information content (AvgIpc) is 3.16. The van der Waals surface area contributed by atoms with Gasteiger partial charge in [-0.3, -0.25) is 0 Å². The molecule has 0 aliphatic heterocycles. The van der Waals surface area contributed by atoms with Crippen molar-refractivity contribution in [1.29, 1.82) is 0 Å². The normalized spacial score (nSPS) is 40.3. The number of aromatic nitrogens is 1. The van der Waals surface area contributed by atoms with E-state index in [2.05, 4.69) is 76.7 Å². The van der Waals surface area contributed by atoms with Crippen LogP contribution in [0, 0.1) is 53.3 Å². The quantitative estimate of drug-likeness (QED) is 0.293. The standard InChI is InChI=1S/C33H52N/c1-23(2)8-7-9-25(4)29-12-13-30-28-11-10-26-22-27(34-20-16-24(3)17-21-34)14-18-32(26,5)31(28)15-19-33(29,30)6/h10,16-17,20-21,23,25,27-31H,7-9,11-15,18-19,22H2,1-6H3/q+1/t25-,27+,28+,29-,30+,31+,32+,33-/m1/s1. The predicted octanol–water partition coefficient (Wildman–Crippen LogP) is 8.87. The first-order chi connectivity index (χ1) is 16.2. The highest BCUT2D eigenvalue weighted by Gasteiger charge is 2.59. The Morgan fingerprint density at radius 1 is 0.941 bits per heavy atom. The zero-order valence-electron chi connectivity index (χ0n) is 23.2. The first kappa shape index (κ1) is 24.6. The number of hydrogen-bond acceptors (Lipinski definition) is 0. The molecule has 0 unspecified atom stereocenters. The van der Waals surface area contributed by atoms with Crippen LogP contribution in [0.1, 0.15) is 117 Å². The molecule has 0 radical (unpaired) electrons. The van der Waals surface area contributed by atoms with E-state index in [4.69, 9.17) is 0 Å². The fourth-order valence-corrected chi connectivity index (χ4v) is 9.68. The molecule has 1 aromatic rings. The molecular weight excluding hydrogens is 410 g/mol.